The van der Waals surface area contributed by atoms with Crippen LogP contribution in [0.1, 0.15) is 47.8 Å². The molecule has 4 heteroatoms. The number of rotatable bonds is 6. The first kappa shape index (κ1) is 24.0. The minimum absolute atomic E-state index is 0. The smallest absolute Gasteiger partial charge is 0.253 e. The molecule has 0 radical (unpaired) electrons. The summed E-state index contributed by atoms with van der Waals surface area (Å²) < 4.78 is 4.76. The molecule has 1 saturated carbocycles. The van der Waals surface area contributed by atoms with E-state index in [4.69, 9.17) is 0 Å². The normalized spacial score (nSPS) is 17.6. The molecule has 1 aliphatic carbocycles. The average molecular weight is 512 g/mol. The molecule has 172 valence electrons. The van der Waals surface area contributed by atoms with E-state index in [0.29, 0.717) is 6.04 Å². The predicted octanol–water partition coefficient (Wildman–Crippen LogP) is 2.99. The van der Waals surface area contributed by atoms with Crippen LogP contribution in [0.3, 0.4) is 0 Å². The van der Waals surface area contributed by atoms with E-state index in [1.807, 2.05) is 12.1 Å². The summed E-state index contributed by atoms with van der Waals surface area (Å²) in [4.78, 5) is 0. The molecule has 4 aromatic rings. The van der Waals surface area contributed by atoms with E-state index in [1.165, 1.54) is 11.4 Å². The van der Waals surface area contributed by atoms with Gasteiger partial charge in [-0.25, -0.2) is 9.13 Å². The van der Waals surface area contributed by atoms with Crippen molar-refractivity contribution in [1.82, 2.24) is 4.57 Å². The lowest BCUT2D eigenvalue weighted by atomic mass is 9.66. The zero-order chi connectivity index (χ0) is 22.7. The van der Waals surface area contributed by atoms with Crippen LogP contribution < -0.4 is 21.5 Å². The van der Waals surface area contributed by atoms with Gasteiger partial charge in [0, 0.05) is 6.92 Å². The first-order chi connectivity index (χ1) is 16.2. The second-order valence-corrected chi connectivity index (χ2v) is 9.18. The summed E-state index contributed by atoms with van der Waals surface area (Å²) in [7, 11) is 0. The first-order valence-corrected chi connectivity index (χ1v) is 11.9. The number of hydrogen-bond acceptors (Lipinski definition) is 1. The van der Waals surface area contributed by atoms with Crippen LogP contribution in [0.25, 0.3) is 0 Å². The van der Waals surface area contributed by atoms with Crippen molar-refractivity contribution in [2.45, 2.75) is 44.2 Å². The monoisotopic (exact) mass is 511 g/mol. The van der Waals surface area contributed by atoms with Gasteiger partial charge in [-0.05, 0) is 41.9 Å². The highest BCUT2D eigenvalue weighted by Gasteiger charge is 2.47. The largest absolute Gasteiger partial charge is 1.00 e. The lowest BCUT2D eigenvalue weighted by Crippen LogP contribution is -3.00. The van der Waals surface area contributed by atoms with Crippen molar-refractivity contribution in [3.63, 3.8) is 0 Å². The van der Waals surface area contributed by atoms with E-state index in [0.717, 1.165) is 36.9 Å². The maximum absolute atomic E-state index is 10.7. The van der Waals surface area contributed by atoms with Crippen LogP contribution in [0.4, 0.5) is 0 Å². The molecular formula is C30H30BrN3. The Hall–Kier alpha value is -3.16. The molecule has 5 rings (SSSR count). The number of aromatic nitrogens is 2. The van der Waals surface area contributed by atoms with Gasteiger partial charge in [-0.2, -0.15) is 5.26 Å². The van der Waals surface area contributed by atoms with E-state index in [9.17, 15) is 5.26 Å². The average Bonchev–Trinajstić information content (AvgIpc) is 3.50. The van der Waals surface area contributed by atoms with Crippen LogP contribution in [-0.4, -0.2) is 4.57 Å². The Morgan fingerprint density at radius 3 is 2.00 bits per heavy atom. The van der Waals surface area contributed by atoms with Crippen LogP contribution in [0.5, 0.6) is 0 Å². The molecule has 2 atom stereocenters. The van der Waals surface area contributed by atoms with Gasteiger partial charge in [0.25, 0.3) is 5.82 Å². The standard InChI is InChI=1S/C30H30N3.BrH/c1-24-32(22-25-11-5-2-6-12-25)19-20-33(24)29-18-17-28(21-29)30(23-31,26-13-7-3-8-14-26)27-15-9-4-10-16-27;/h2-16,19-20,28-29H,17-18,21-22H2,1H3;1H/q+1;/p-1. The van der Waals surface area contributed by atoms with Crippen LogP contribution in [0.15, 0.2) is 103 Å². The van der Waals surface area contributed by atoms with Gasteiger partial charge in [-0.3, -0.25) is 0 Å². The van der Waals surface area contributed by atoms with Gasteiger partial charge in [0.05, 0.1) is 6.07 Å². The first-order valence-electron chi connectivity index (χ1n) is 11.9. The molecule has 0 bridgehead atoms. The highest BCUT2D eigenvalue weighted by atomic mass is 79.9. The molecule has 1 aromatic heterocycles. The molecule has 0 N–H and O–H groups in total. The van der Waals surface area contributed by atoms with E-state index >= 15 is 0 Å². The SMILES string of the molecule is Cc1n(C2CCC(C(C#N)(c3ccccc3)c3ccccc3)C2)cc[n+]1Cc1ccccc1.[Br-]. The van der Waals surface area contributed by atoms with Crippen molar-refractivity contribution in [3.05, 3.63) is 126 Å². The molecule has 0 aliphatic heterocycles. The number of imidazole rings is 1. The van der Waals surface area contributed by atoms with Crippen molar-refractivity contribution in [1.29, 1.82) is 5.26 Å². The van der Waals surface area contributed by atoms with Gasteiger partial charge >= 0.3 is 0 Å². The Labute approximate surface area is 213 Å². The Morgan fingerprint density at radius 2 is 1.44 bits per heavy atom. The summed E-state index contributed by atoms with van der Waals surface area (Å²) in [6, 6.07) is 34.6. The molecule has 2 unspecified atom stereocenters. The molecule has 34 heavy (non-hydrogen) atoms. The summed E-state index contributed by atoms with van der Waals surface area (Å²) in [5, 5.41) is 10.7. The minimum Gasteiger partial charge on any atom is -1.00 e. The molecule has 3 aromatic carbocycles. The molecule has 0 saturated heterocycles. The zero-order valence-corrected chi connectivity index (χ0v) is 21.1. The molecule has 0 spiro atoms. The molecule has 3 nitrogen and oxygen atoms in total. The molecule has 1 aliphatic rings. The van der Waals surface area contributed by atoms with Crippen molar-refractivity contribution in [2.75, 3.05) is 0 Å². The van der Waals surface area contributed by atoms with Gasteiger partial charge in [0.2, 0.25) is 0 Å². The van der Waals surface area contributed by atoms with E-state index in [1.54, 1.807) is 0 Å². The minimum atomic E-state index is -0.627. The van der Waals surface area contributed by atoms with Crippen LogP contribution in [0, 0.1) is 24.2 Å². The second kappa shape index (κ2) is 10.4. The predicted molar refractivity (Wildman–Crippen MR) is 131 cm³/mol. The van der Waals surface area contributed by atoms with Crippen LogP contribution >= 0.6 is 0 Å². The topological polar surface area (TPSA) is 32.6 Å². The maximum Gasteiger partial charge on any atom is 0.253 e. The Bertz CT molecular complexity index is 1200. The number of halogens is 1. The Balaban J connectivity index is 0.00000274. The van der Waals surface area contributed by atoms with E-state index in [-0.39, 0.29) is 22.9 Å². The zero-order valence-electron chi connectivity index (χ0n) is 19.5. The second-order valence-electron chi connectivity index (χ2n) is 9.18. The van der Waals surface area contributed by atoms with Gasteiger partial charge in [0.1, 0.15) is 30.4 Å². The van der Waals surface area contributed by atoms with Crippen LogP contribution in [-0.2, 0) is 12.0 Å². The van der Waals surface area contributed by atoms with Crippen molar-refractivity contribution in [3.8, 4) is 6.07 Å². The third kappa shape index (κ3) is 4.33. The highest BCUT2D eigenvalue weighted by Crippen LogP contribution is 2.49. The number of nitriles is 1. The third-order valence-electron chi connectivity index (χ3n) is 7.44. The fourth-order valence-corrected chi connectivity index (χ4v) is 5.71. The Morgan fingerprint density at radius 1 is 0.882 bits per heavy atom. The fourth-order valence-electron chi connectivity index (χ4n) is 5.71. The molecule has 0 amide bonds. The number of benzene rings is 3. The number of hydrogen-bond donors (Lipinski definition) is 0. The van der Waals surface area contributed by atoms with Gasteiger partial charge in [-0.1, -0.05) is 91.0 Å². The fraction of sp³-hybridized carbons (Fsp3) is 0.267. The van der Waals surface area contributed by atoms with Crippen LogP contribution in [0.2, 0.25) is 0 Å². The third-order valence-corrected chi connectivity index (χ3v) is 7.44. The van der Waals surface area contributed by atoms with E-state index < -0.39 is 5.41 Å². The van der Waals surface area contributed by atoms with Gasteiger partial charge < -0.3 is 17.0 Å². The summed E-state index contributed by atoms with van der Waals surface area (Å²) in [6.07, 6.45) is 7.55. The lowest BCUT2D eigenvalue weighted by Gasteiger charge is -2.34. The summed E-state index contributed by atoms with van der Waals surface area (Å²) in [5.74, 6) is 1.54. The van der Waals surface area contributed by atoms with Gasteiger partial charge in [-0.15, -0.1) is 0 Å². The lowest BCUT2D eigenvalue weighted by molar-refractivity contribution is -0.694. The quantitative estimate of drug-likeness (QED) is 0.366. The van der Waals surface area contributed by atoms with Crippen molar-refractivity contribution < 1.29 is 21.5 Å². The molecule has 1 heterocycles. The van der Waals surface area contributed by atoms with Gasteiger partial charge in [0.15, 0.2) is 0 Å². The summed E-state index contributed by atoms with van der Waals surface area (Å²) in [6.45, 7) is 3.09. The van der Waals surface area contributed by atoms with E-state index in [2.05, 4.69) is 113 Å². The Kier molecular flexibility index (Phi) is 7.34. The number of nitrogens with zero attached hydrogens (tertiary/aromatic N) is 3. The highest BCUT2D eigenvalue weighted by molar-refractivity contribution is 5.47. The maximum atomic E-state index is 10.7. The molecule has 1 fully saturated rings. The molecular weight excluding hydrogens is 482 g/mol. The van der Waals surface area contributed by atoms with Crippen molar-refractivity contribution >= 4 is 0 Å². The summed E-state index contributed by atoms with van der Waals surface area (Å²) in [5.41, 5.74) is 2.89. The van der Waals surface area contributed by atoms with Crippen molar-refractivity contribution in [2.24, 2.45) is 5.92 Å². The summed E-state index contributed by atoms with van der Waals surface area (Å²) >= 11 is 0.